The summed E-state index contributed by atoms with van der Waals surface area (Å²) in [7, 11) is 0. The number of rotatable bonds is 5. The number of carbonyl (C=O) groups is 1. The van der Waals surface area contributed by atoms with Crippen LogP contribution in [0, 0.1) is 13.8 Å². The normalized spacial score (nSPS) is 10.7. The quantitative estimate of drug-likeness (QED) is 0.487. The maximum atomic E-state index is 12.8. The Morgan fingerprint density at radius 2 is 2.00 bits per heavy atom. The average molecular weight is 370 g/mol. The van der Waals surface area contributed by atoms with Gasteiger partial charge in [0.2, 0.25) is 5.78 Å². The number of nitrogens with zero attached hydrogens (tertiary/aromatic N) is 1. The molecule has 128 valence electrons. The number of thioether (sulfide) groups is 1. The first-order valence-electron chi connectivity index (χ1n) is 7.77. The van der Waals surface area contributed by atoms with Crippen molar-refractivity contribution in [2.24, 2.45) is 0 Å². The van der Waals surface area contributed by atoms with Gasteiger partial charge in [-0.1, -0.05) is 41.2 Å². The zero-order valence-corrected chi connectivity index (χ0v) is 15.9. The van der Waals surface area contributed by atoms with Crippen LogP contribution in [0.2, 0.25) is 0 Å². The SMILES string of the molecule is CSc1cccc(Nc2nc(N)c(C(=O)c3ccc(C)cc3C)s2)c1. The van der Waals surface area contributed by atoms with E-state index >= 15 is 0 Å². The van der Waals surface area contributed by atoms with Crippen LogP contribution in [-0.4, -0.2) is 17.0 Å². The van der Waals surface area contributed by atoms with Gasteiger partial charge in [0.25, 0.3) is 0 Å². The van der Waals surface area contributed by atoms with Crippen LogP contribution < -0.4 is 11.1 Å². The van der Waals surface area contributed by atoms with E-state index in [1.54, 1.807) is 11.8 Å². The lowest BCUT2D eigenvalue weighted by Crippen LogP contribution is -2.04. The van der Waals surface area contributed by atoms with Crippen molar-refractivity contribution in [2.75, 3.05) is 17.3 Å². The number of hydrogen-bond donors (Lipinski definition) is 2. The number of carbonyl (C=O) groups excluding carboxylic acids is 1. The lowest BCUT2D eigenvalue weighted by Gasteiger charge is -2.05. The summed E-state index contributed by atoms with van der Waals surface area (Å²) in [6.07, 6.45) is 2.03. The molecule has 3 aromatic rings. The number of nitrogens with one attached hydrogen (secondary N) is 1. The largest absolute Gasteiger partial charge is 0.382 e. The van der Waals surface area contributed by atoms with Gasteiger partial charge in [-0.15, -0.1) is 11.8 Å². The molecule has 0 aliphatic carbocycles. The van der Waals surface area contributed by atoms with Gasteiger partial charge in [0, 0.05) is 16.1 Å². The summed E-state index contributed by atoms with van der Waals surface area (Å²) in [5, 5.41) is 3.85. The summed E-state index contributed by atoms with van der Waals surface area (Å²) in [5.41, 5.74) is 9.66. The van der Waals surface area contributed by atoms with E-state index in [2.05, 4.69) is 10.3 Å². The minimum absolute atomic E-state index is 0.0848. The molecular formula is C19H19N3OS2. The Morgan fingerprint density at radius 1 is 1.20 bits per heavy atom. The third-order valence-electron chi connectivity index (χ3n) is 3.81. The molecule has 0 atom stereocenters. The van der Waals surface area contributed by atoms with Gasteiger partial charge in [-0.2, -0.15) is 0 Å². The van der Waals surface area contributed by atoms with Crippen LogP contribution in [0.25, 0.3) is 0 Å². The Kier molecular flexibility index (Phi) is 5.11. The smallest absolute Gasteiger partial charge is 0.207 e. The van der Waals surface area contributed by atoms with Gasteiger partial charge >= 0.3 is 0 Å². The van der Waals surface area contributed by atoms with Gasteiger partial charge in [0.1, 0.15) is 10.7 Å². The fourth-order valence-corrected chi connectivity index (χ4v) is 3.88. The molecule has 0 aliphatic rings. The number of aromatic nitrogens is 1. The van der Waals surface area contributed by atoms with Gasteiger partial charge in [-0.05, 0) is 43.9 Å². The van der Waals surface area contributed by atoms with Crippen LogP contribution in [-0.2, 0) is 0 Å². The van der Waals surface area contributed by atoms with Crippen molar-refractivity contribution >= 4 is 45.5 Å². The minimum Gasteiger partial charge on any atom is -0.382 e. The third-order valence-corrected chi connectivity index (χ3v) is 5.52. The first kappa shape index (κ1) is 17.5. The van der Waals surface area contributed by atoms with Gasteiger partial charge in [-0.3, -0.25) is 4.79 Å². The molecule has 0 amide bonds. The molecule has 0 bridgehead atoms. The molecule has 0 saturated heterocycles. The number of benzene rings is 2. The topological polar surface area (TPSA) is 68.0 Å². The molecule has 6 heteroatoms. The van der Waals surface area contributed by atoms with E-state index in [9.17, 15) is 4.79 Å². The summed E-state index contributed by atoms with van der Waals surface area (Å²) in [6, 6.07) is 13.8. The lowest BCUT2D eigenvalue weighted by molar-refractivity contribution is 0.104. The van der Waals surface area contributed by atoms with Crippen molar-refractivity contribution in [3.05, 3.63) is 64.0 Å². The number of aryl methyl sites for hydroxylation is 2. The Labute approximate surface area is 155 Å². The Morgan fingerprint density at radius 3 is 2.72 bits per heavy atom. The van der Waals surface area contributed by atoms with Gasteiger partial charge in [0.15, 0.2) is 5.13 Å². The highest BCUT2D eigenvalue weighted by molar-refractivity contribution is 7.98. The first-order chi connectivity index (χ1) is 12.0. The third kappa shape index (κ3) is 3.86. The Hall–Kier alpha value is -2.31. The number of thiazole rings is 1. The van der Waals surface area contributed by atoms with Crippen LogP contribution in [0.5, 0.6) is 0 Å². The van der Waals surface area contributed by atoms with E-state index in [1.165, 1.54) is 11.3 Å². The van der Waals surface area contributed by atoms with Crippen molar-refractivity contribution in [3.63, 3.8) is 0 Å². The molecule has 3 rings (SSSR count). The van der Waals surface area contributed by atoms with Crippen LogP contribution in [0.1, 0.15) is 26.4 Å². The standard InChI is InChI=1S/C19H19N3OS2/c1-11-7-8-15(12(2)9-11)16(23)17-18(20)22-19(25-17)21-13-5-4-6-14(10-13)24-3/h4-10H,20H2,1-3H3,(H,21,22). The number of nitrogens with two attached hydrogens (primary N) is 1. The van der Waals surface area contributed by atoms with E-state index in [0.717, 1.165) is 21.7 Å². The van der Waals surface area contributed by atoms with Crippen molar-refractivity contribution in [3.8, 4) is 0 Å². The van der Waals surface area contributed by atoms with Gasteiger partial charge in [0.05, 0.1) is 0 Å². The predicted octanol–water partition coefficient (Wildman–Crippen LogP) is 5.04. The molecule has 1 aromatic heterocycles. The number of nitrogen functional groups attached to an aromatic ring is 1. The molecule has 25 heavy (non-hydrogen) atoms. The lowest BCUT2D eigenvalue weighted by atomic mass is 10.0. The summed E-state index contributed by atoms with van der Waals surface area (Å²) in [6.45, 7) is 3.94. The van der Waals surface area contributed by atoms with Crippen molar-refractivity contribution in [1.29, 1.82) is 0 Å². The Bertz CT molecular complexity index is 934. The molecule has 2 aromatic carbocycles. The molecule has 0 spiro atoms. The zero-order chi connectivity index (χ0) is 18.0. The molecule has 0 saturated carbocycles. The molecule has 0 aliphatic heterocycles. The monoisotopic (exact) mass is 369 g/mol. The Balaban J connectivity index is 1.88. The van der Waals surface area contributed by atoms with Crippen LogP contribution >= 0.6 is 23.1 Å². The van der Waals surface area contributed by atoms with Crippen molar-refractivity contribution in [2.45, 2.75) is 18.7 Å². The predicted molar refractivity (Wildman–Crippen MR) is 107 cm³/mol. The maximum absolute atomic E-state index is 12.8. The van der Waals surface area contributed by atoms with E-state index in [4.69, 9.17) is 5.73 Å². The second kappa shape index (κ2) is 7.29. The highest BCUT2D eigenvalue weighted by atomic mass is 32.2. The van der Waals surface area contributed by atoms with Crippen molar-refractivity contribution in [1.82, 2.24) is 4.98 Å². The molecule has 0 fully saturated rings. The van der Waals surface area contributed by atoms with Gasteiger partial charge < -0.3 is 11.1 Å². The van der Waals surface area contributed by atoms with Crippen LogP contribution in [0.3, 0.4) is 0 Å². The fourth-order valence-electron chi connectivity index (χ4n) is 2.56. The van der Waals surface area contributed by atoms with Gasteiger partial charge in [-0.25, -0.2) is 4.98 Å². The molecule has 0 unspecified atom stereocenters. The molecule has 3 N–H and O–H groups in total. The average Bonchev–Trinajstić information content (AvgIpc) is 2.94. The van der Waals surface area contributed by atoms with E-state index in [-0.39, 0.29) is 11.6 Å². The van der Waals surface area contributed by atoms with E-state index in [0.29, 0.717) is 15.6 Å². The molecule has 0 radical (unpaired) electrons. The number of anilines is 3. The number of hydrogen-bond acceptors (Lipinski definition) is 6. The maximum Gasteiger partial charge on any atom is 0.207 e. The molecule has 1 heterocycles. The summed E-state index contributed by atoms with van der Waals surface area (Å²) in [5.74, 6) is 0.178. The number of ketones is 1. The second-order valence-electron chi connectivity index (χ2n) is 5.74. The fraction of sp³-hybridized carbons (Fsp3) is 0.158. The first-order valence-corrected chi connectivity index (χ1v) is 9.81. The molecular weight excluding hydrogens is 350 g/mol. The minimum atomic E-state index is -0.0848. The highest BCUT2D eigenvalue weighted by Crippen LogP contribution is 2.31. The summed E-state index contributed by atoms with van der Waals surface area (Å²) in [4.78, 5) is 18.8. The van der Waals surface area contributed by atoms with Crippen molar-refractivity contribution < 1.29 is 4.79 Å². The summed E-state index contributed by atoms with van der Waals surface area (Å²) < 4.78 is 0. The highest BCUT2D eigenvalue weighted by Gasteiger charge is 2.19. The van der Waals surface area contributed by atoms with Crippen LogP contribution in [0.4, 0.5) is 16.6 Å². The van der Waals surface area contributed by atoms with Crippen LogP contribution in [0.15, 0.2) is 47.4 Å². The summed E-state index contributed by atoms with van der Waals surface area (Å²) >= 11 is 2.95. The van der Waals surface area contributed by atoms with E-state index < -0.39 is 0 Å². The molecule has 4 nitrogen and oxygen atoms in total. The second-order valence-corrected chi connectivity index (χ2v) is 7.62. The van der Waals surface area contributed by atoms with E-state index in [1.807, 2.05) is 62.6 Å². The zero-order valence-electron chi connectivity index (χ0n) is 14.3.